The topological polar surface area (TPSA) is 61.8 Å². The smallest absolute Gasteiger partial charge is 0.146 e. The van der Waals surface area contributed by atoms with Crippen molar-refractivity contribution in [3.63, 3.8) is 0 Å². The predicted molar refractivity (Wildman–Crippen MR) is 32.7 cm³/mol. The number of aliphatic hydroxyl groups excluding tert-OH is 1. The van der Waals surface area contributed by atoms with Crippen LogP contribution in [0.25, 0.3) is 5.76 Å². The van der Waals surface area contributed by atoms with Gasteiger partial charge in [-0.2, -0.15) is 0 Å². The van der Waals surface area contributed by atoms with Crippen LogP contribution in [-0.2, 0) is 0 Å². The van der Waals surface area contributed by atoms with Crippen LogP contribution < -0.4 is 0 Å². The molecule has 0 bridgehead atoms. The van der Waals surface area contributed by atoms with Crippen LogP contribution in [0.15, 0.2) is 12.3 Å². The summed E-state index contributed by atoms with van der Waals surface area (Å²) in [5, 5.41) is 18.4. The van der Waals surface area contributed by atoms with Gasteiger partial charge in [-0.3, -0.25) is 5.10 Å². The van der Waals surface area contributed by atoms with E-state index in [1.807, 2.05) is 0 Å². The molecule has 0 aliphatic carbocycles. The molecule has 9 heavy (non-hydrogen) atoms. The second-order valence-corrected chi connectivity index (χ2v) is 1.53. The second kappa shape index (κ2) is 2.30. The molecule has 0 aromatic carbocycles. The van der Waals surface area contributed by atoms with Gasteiger partial charge in [-0.15, -0.1) is 5.10 Å². The summed E-state index contributed by atoms with van der Waals surface area (Å²) < 4.78 is 0. The molecule has 1 rings (SSSR count). The molecular formula is C5H7N3O. The highest BCUT2D eigenvalue weighted by molar-refractivity contribution is 5.52. The standard InChI is InChI=1S/C5H7N3O/c1-2-5(9)4-3-6-8-7-4/h2-3,9H,1H3,(H,6,7,8)/b5-2-. The Morgan fingerprint density at radius 3 is 3.11 bits per heavy atom. The van der Waals surface area contributed by atoms with Crippen molar-refractivity contribution < 1.29 is 5.11 Å². The number of nitrogens with one attached hydrogen (secondary N) is 1. The van der Waals surface area contributed by atoms with Gasteiger partial charge in [0.25, 0.3) is 0 Å². The molecule has 0 spiro atoms. The highest BCUT2D eigenvalue weighted by atomic mass is 16.3. The van der Waals surface area contributed by atoms with E-state index in [1.54, 1.807) is 13.0 Å². The van der Waals surface area contributed by atoms with Crippen LogP contribution in [-0.4, -0.2) is 20.5 Å². The van der Waals surface area contributed by atoms with Gasteiger partial charge in [-0.1, -0.05) is 5.21 Å². The first-order valence-electron chi connectivity index (χ1n) is 2.56. The van der Waals surface area contributed by atoms with E-state index in [0.29, 0.717) is 5.69 Å². The number of nitrogens with zero attached hydrogens (tertiary/aromatic N) is 2. The van der Waals surface area contributed by atoms with Gasteiger partial charge in [-0.05, 0) is 13.0 Å². The van der Waals surface area contributed by atoms with Gasteiger partial charge in [0.05, 0.1) is 6.20 Å². The lowest BCUT2D eigenvalue weighted by atomic mass is 10.4. The Balaban J connectivity index is 2.90. The minimum Gasteiger partial charge on any atom is -0.506 e. The van der Waals surface area contributed by atoms with Crippen LogP contribution in [0, 0.1) is 0 Å². The van der Waals surface area contributed by atoms with E-state index in [-0.39, 0.29) is 5.76 Å². The van der Waals surface area contributed by atoms with Gasteiger partial charge in [0.1, 0.15) is 11.5 Å². The number of rotatable bonds is 1. The Bertz CT molecular complexity index is 202. The third kappa shape index (κ3) is 1.07. The molecule has 0 saturated carbocycles. The van der Waals surface area contributed by atoms with Crippen LogP contribution >= 0.6 is 0 Å². The maximum absolute atomic E-state index is 8.96. The minimum atomic E-state index is 0.142. The van der Waals surface area contributed by atoms with Crippen molar-refractivity contribution in [2.45, 2.75) is 6.92 Å². The lowest BCUT2D eigenvalue weighted by Gasteiger charge is -1.86. The van der Waals surface area contributed by atoms with Gasteiger partial charge >= 0.3 is 0 Å². The summed E-state index contributed by atoms with van der Waals surface area (Å²) in [5.74, 6) is 0.142. The van der Waals surface area contributed by atoms with Crippen LogP contribution in [0.5, 0.6) is 0 Å². The predicted octanol–water partition coefficient (Wildman–Crippen LogP) is 0.724. The molecule has 0 unspecified atom stereocenters. The number of allylic oxidation sites excluding steroid dienone is 1. The highest BCUT2D eigenvalue weighted by Gasteiger charge is 1.97. The minimum absolute atomic E-state index is 0.142. The normalized spacial score (nSPS) is 11.9. The van der Waals surface area contributed by atoms with Gasteiger partial charge < -0.3 is 5.11 Å². The lowest BCUT2D eigenvalue weighted by molar-refractivity contribution is 0.507. The SMILES string of the molecule is C/C=C(\O)c1c[nH]nn1. The number of H-pyrrole nitrogens is 1. The highest BCUT2D eigenvalue weighted by Crippen LogP contribution is 2.02. The molecular weight excluding hydrogens is 118 g/mol. The molecule has 1 heterocycles. The van der Waals surface area contributed by atoms with Crippen molar-refractivity contribution >= 4 is 5.76 Å². The first kappa shape index (κ1) is 5.81. The van der Waals surface area contributed by atoms with Crippen molar-refractivity contribution in [3.05, 3.63) is 18.0 Å². The molecule has 4 nitrogen and oxygen atoms in total. The van der Waals surface area contributed by atoms with Crippen molar-refractivity contribution in [3.8, 4) is 0 Å². The Morgan fingerprint density at radius 1 is 1.89 bits per heavy atom. The lowest BCUT2D eigenvalue weighted by Crippen LogP contribution is -1.80. The maximum atomic E-state index is 8.96. The Morgan fingerprint density at radius 2 is 2.67 bits per heavy atom. The molecule has 0 aliphatic heterocycles. The largest absolute Gasteiger partial charge is 0.506 e. The number of aromatic nitrogens is 3. The number of hydrogen-bond donors (Lipinski definition) is 2. The molecule has 2 N–H and O–H groups in total. The van der Waals surface area contributed by atoms with E-state index in [1.165, 1.54) is 6.20 Å². The third-order valence-electron chi connectivity index (χ3n) is 0.953. The van der Waals surface area contributed by atoms with Crippen molar-refractivity contribution in [1.82, 2.24) is 15.4 Å². The van der Waals surface area contributed by atoms with Gasteiger partial charge in [0, 0.05) is 0 Å². The molecule has 0 atom stereocenters. The van der Waals surface area contributed by atoms with Crippen molar-refractivity contribution in [2.75, 3.05) is 0 Å². The summed E-state index contributed by atoms with van der Waals surface area (Å²) in [6.45, 7) is 1.73. The Kier molecular flexibility index (Phi) is 1.48. The van der Waals surface area contributed by atoms with Crippen LogP contribution in [0.1, 0.15) is 12.6 Å². The quantitative estimate of drug-likeness (QED) is 0.544. The fourth-order valence-corrected chi connectivity index (χ4v) is 0.475. The number of aromatic amines is 1. The average molecular weight is 125 g/mol. The first-order chi connectivity index (χ1) is 4.34. The fourth-order valence-electron chi connectivity index (χ4n) is 0.475. The zero-order valence-corrected chi connectivity index (χ0v) is 5.00. The second-order valence-electron chi connectivity index (χ2n) is 1.53. The van der Waals surface area contributed by atoms with Crippen LogP contribution in [0.3, 0.4) is 0 Å². The van der Waals surface area contributed by atoms with E-state index in [2.05, 4.69) is 15.4 Å². The van der Waals surface area contributed by atoms with E-state index in [4.69, 9.17) is 5.11 Å². The van der Waals surface area contributed by atoms with E-state index >= 15 is 0 Å². The summed E-state index contributed by atoms with van der Waals surface area (Å²) in [7, 11) is 0. The van der Waals surface area contributed by atoms with Crippen molar-refractivity contribution in [1.29, 1.82) is 0 Å². The monoisotopic (exact) mass is 125 g/mol. The molecule has 4 heteroatoms. The Labute approximate surface area is 52.2 Å². The summed E-state index contributed by atoms with van der Waals surface area (Å²) in [6.07, 6.45) is 3.08. The number of aliphatic hydroxyl groups is 1. The van der Waals surface area contributed by atoms with Crippen molar-refractivity contribution in [2.24, 2.45) is 0 Å². The molecule has 0 saturated heterocycles. The van der Waals surface area contributed by atoms with Gasteiger partial charge in [0.15, 0.2) is 0 Å². The molecule has 1 aromatic heterocycles. The fraction of sp³-hybridized carbons (Fsp3) is 0.200. The van der Waals surface area contributed by atoms with Gasteiger partial charge in [0.2, 0.25) is 0 Å². The van der Waals surface area contributed by atoms with Crippen LogP contribution in [0.4, 0.5) is 0 Å². The maximum Gasteiger partial charge on any atom is 0.146 e. The molecule has 0 aliphatic rings. The summed E-state index contributed by atoms with van der Waals surface area (Å²) in [4.78, 5) is 0. The van der Waals surface area contributed by atoms with E-state index < -0.39 is 0 Å². The summed E-state index contributed by atoms with van der Waals surface area (Å²) in [5.41, 5.74) is 0.470. The first-order valence-corrected chi connectivity index (χ1v) is 2.56. The zero-order chi connectivity index (χ0) is 6.69. The molecule has 1 aromatic rings. The summed E-state index contributed by atoms with van der Waals surface area (Å²) >= 11 is 0. The Hall–Kier alpha value is -1.32. The van der Waals surface area contributed by atoms with E-state index in [9.17, 15) is 0 Å². The number of hydrogen-bond acceptors (Lipinski definition) is 3. The average Bonchev–Trinajstić information content (AvgIpc) is 2.37. The van der Waals surface area contributed by atoms with Crippen LogP contribution in [0.2, 0.25) is 0 Å². The molecule has 0 amide bonds. The summed E-state index contributed by atoms with van der Waals surface area (Å²) in [6, 6.07) is 0. The molecule has 48 valence electrons. The zero-order valence-electron chi connectivity index (χ0n) is 5.00. The third-order valence-corrected chi connectivity index (χ3v) is 0.953. The molecule has 0 radical (unpaired) electrons. The van der Waals surface area contributed by atoms with Gasteiger partial charge in [-0.25, -0.2) is 0 Å². The van der Waals surface area contributed by atoms with E-state index in [0.717, 1.165) is 0 Å². The molecule has 0 fully saturated rings.